The molecule has 1 unspecified atom stereocenters. The van der Waals surface area contributed by atoms with E-state index in [0.717, 1.165) is 5.69 Å². The molecule has 0 aromatic heterocycles. The number of hydrogen-bond acceptors (Lipinski definition) is 2. The molecule has 0 saturated heterocycles. The van der Waals surface area contributed by atoms with Crippen LogP contribution < -0.4 is 4.90 Å². The molecule has 0 radical (unpaired) electrons. The third-order valence-corrected chi connectivity index (χ3v) is 2.18. The Bertz CT molecular complexity index is 445. The number of anilines is 1. The van der Waals surface area contributed by atoms with Crippen LogP contribution in [-0.2, 0) is 0 Å². The second kappa shape index (κ2) is 6.47. The van der Waals surface area contributed by atoms with E-state index < -0.39 is 6.02 Å². The van der Waals surface area contributed by atoms with Gasteiger partial charge in [0, 0.05) is 12.7 Å². The van der Waals surface area contributed by atoms with Gasteiger partial charge < -0.3 is 4.90 Å². The van der Waals surface area contributed by atoms with E-state index in [1.54, 1.807) is 30.2 Å². The quantitative estimate of drug-likeness (QED) is 0.718. The van der Waals surface area contributed by atoms with Crippen LogP contribution in [0.3, 0.4) is 0 Å². The zero-order valence-electron chi connectivity index (χ0n) is 10.6. The van der Waals surface area contributed by atoms with Gasteiger partial charge in [0.2, 0.25) is 0 Å². The summed E-state index contributed by atoms with van der Waals surface area (Å²) in [5.74, 6) is 0. The Hall–Kier alpha value is -2.01. The Balaban J connectivity index is 2.99. The Morgan fingerprint density at radius 1 is 1.38 bits per heavy atom. The standard InChI is InChI=1S/C14H16N2/c1-3-4-6-11-14(12-15)16(2)13-9-7-5-8-10-13/h3-11,14H,1-2H3/b4-3+,11-6+/i14D. The first kappa shape index (κ1) is 10.5. The van der Waals surface area contributed by atoms with Crippen LogP contribution in [0.25, 0.3) is 0 Å². The predicted octanol–water partition coefficient (Wildman–Crippen LogP) is 3.15. The van der Waals surface area contributed by atoms with Crippen molar-refractivity contribution in [1.29, 1.82) is 5.26 Å². The SMILES string of the molecule is [2H]C(C#N)(/C=C/C=C/C)N(C)c1ccccc1. The number of nitrogens with zero attached hydrogens (tertiary/aromatic N) is 2. The molecular formula is C14H16N2. The fourth-order valence-electron chi connectivity index (χ4n) is 1.27. The summed E-state index contributed by atoms with van der Waals surface area (Å²) in [6, 6.07) is 10.1. The number of nitriles is 1. The van der Waals surface area contributed by atoms with Crippen molar-refractivity contribution in [3.05, 3.63) is 54.6 Å². The summed E-state index contributed by atoms with van der Waals surface area (Å²) in [4.78, 5) is 1.63. The molecule has 1 atom stereocenters. The highest BCUT2D eigenvalue weighted by atomic mass is 15.1. The molecule has 0 aliphatic carbocycles. The first-order chi connectivity index (χ1) is 8.14. The normalized spacial score (nSPS) is 15.7. The molecule has 0 saturated carbocycles. The smallest absolute Gasteiger partial charge is 0.135 e. The topological polar surface area (TPSA) is 27.0 Å². The molecule has 1 aromatic rings. The van der Waals surface area contributed by atoms with Gasteiger partial charge in [-0.15, -0.1) is 0 Å². The molecule has 0 amide bonds. The molecule has 2 heteroatoms. The lowest BCUT2D eigenvalue weighted by molar-refractivity contribution is 0.904. The average Bonchev–Trinajstić information content (AvgIpc) is 2.39. The minimum atomic E-state index is -1.39. The van der Waals surface area contributed by atoms with E-state index in [2.05, 4.69) is 0 Å². The van der Waals surface area contributed by atoms with Gasteiger partial charge in [0.25, 0.3) is 0 Å². The lowest BCUT2D eigenvalue weighted by Gasteiger charge is -2.22. The molecule has 0 heterocycles. The Kier molecular flexibility index (Phi) is 4.25. The van der Waals surface area contributed by atoms with Gasteiger partial charge in [-0.05, 0) is 25.1 Å². The highest BCUT2D eigenvalue weighted by Gasteiger charge is 2.09. The van der Waals surface area contributed by atoms with Crippen LogP contribution in [0.15, 0.2) is 54.6 Å². The van der Waals surface area contributed by atoms with E-state index >= 15 is 0 Å². The number of likely N-dealkylation sites (N-methyl/N-ethyl adjacent to an activating group) is 1. The van der Waals surface area contributed by atoms with Crippen LogP contribution in [0.4, 0.5) is 5.69 Å². The molecule has 0 fully saturated rings. The number of para-hydroxylation sites is 1. The largest absolute Gasteiger partial charge is 0.356 e. The molecule has 1 aromatic carbocycles. The molecule has 0 spiro atoms. The van der Waals surface area contributed by atoms with Gasteiger partial charge in [-0.3, -0.25) is 0 Å². The Morgan fingerprint density at radius 3 is 2.62 bits per heavy atom. The molecule has 1 rings (SSSR count). The molecule has 0 N–H and O–H groups in total. The lowest BCUT2D eigenvalue weighted by atomic mass is 10.2. The second-order valence-corrected chi connectivity index (χ2v) is 3.28. The van der Waals surface area contributed by atoms with Crippen molar-refractivity contribution < 1.29 is 1.37 Å². The van der Waals surface area contributed by atoms with Crippen LogP contribution in [0.1, 0.15) is 8.29 Å². The van der Waals surface area contributed by atoms with Gasteiger partial charge >= 0.3 is 0 Å². The van der Waals surface area contributed by atoms with Crippen LogP contribution in [0, 0.1) is 11.3 Å². The van der Waals surface area contributed by atoms with Crippen LogP contribution >= 0.6 is 0 Å². The van der Waals surface area contributed by atoms with Gasteiger partial charge in [-0.25, -0.2) is 0 Å². The van der Waals surface area contributed by atoms with Gasteiger partial charge in [0.15, 0.2) is 0 Å². The highest BCUT2D eigenvalue weighted by molar-refractivity contribution is 5.49. The van der Waals surface area contributed by atoms with Crippen LogP contribution in [0.5, 0.6) is 0 Å². The van der Waals surface area contributed by atoms with Crippen molar-refractivity contribution >= 4 is 5.69 Å². The van der Waals surface area contributed by atoms with E-state index in [1.807, 2.05) is 49.4 Å². The third kappa shape index (κ3) is 3.29. The predicted molar refractivity (Wildman–Crippen MR) is 68.2 cm³/mol. The summed E-state index contributed by atoms with van der Waals surface area (Å²) < 4.78 is 8.14. The monoisotopic (exact) mass is 213 g/mol. The van der Waals surface area contributed by atoms with Crippen molar-refractivity contribution in [3.63, 3.8) is 0 Å². The fraction of sp³-hybridized carbons (Fsp3) is 0.214. The van der Waals surface area contributed by atoms with Crippen molar-refractivity contribution in [2.75, 3.05) is 11.9 Å². The van der Waals surface area contributed by atoms with E-state index in [4.69, 9.17) is 6.63 Å². The summed E-state index contributed by atoms with van der Waals surface area (Å²) in [6.45, 7) is 1.89. The number of benzene rings is 1. The number of rotatable bonds is 4. The van der Waals surface area contributed by atoms with Gasteiger partial charge in [0.1, 0.15) is 6.02 Å². The van der Waals surface area contributed by atoms with E-state index in [1.165, 1.54) is 0 Å². The minimum Gasteiger partial charge on any atom is -0.356 e. The van der Waals surface area contributed by atoms with E-state index in [-0.39, 0.29) is 0 Å². The maximum atomic E-state index is 9.16. The van der Waals surface area contributed by atoms with Gasteiger partial charge in [-0.2, -0.15) is 5.26 Å². The molecular weight excluding hydrogens is 196 g/mol. The van der Waals surface area contributed by atoms with E-state index in [9.17, 15) is 0 Å². The lowest BCUT2D eigenvalue weighted by Crippen LogP contribution is -2.28. The number of allylic oxidation sites excluding steroid dienone is 3. The van der Waals surface area contributed by atoms with Crippen molar-refractivity contribution in [3.8, 4) is 6.07 Å². The summed E-state index contributed by atoms with van der Waals surface area (Å²) in [5.41, 5.74) is 0.842. The van der Waals surface area contributed by atoms with Crippen molar-refractivity contribution in [2.24, 2.45) is 0 Å². The highest BCUT2D eigenvalue weighted by Crippen LogP contribution is 2.14. The van der Waals surface area contributed by atoms with Gasteiger partial charge in [-0.1, -0.05) is 36.4 Å². The molecule has 16 heavy (non-hydrogen) atoms. The minimum absolute atomic E-state index is 0.842. The maximum absolute atomic E-state index is 9.16. The zero-order valence-corrected chi connectivity index (χ0v) is 9.59. The van der Waals surface area contributed by atoms with Crippen LogP contribution in [-0.4, -0.2) is 13.1 Å². The average molecular weight is 213 g/mol. The summed E-state index contributed by atoms with van der Waals surface area (Å²) in [6.07, 6.45) is 6.95. The molecule has 82 valence electrons. The Morgan fingerprint density at radius 2 is 2.06 bits per heavy atom. The summed E-state index contributed by atoms with van der Waals surface area (Å²) in [7, 11) is 1.74. The molecule has 0 aliphatic heterocycles. The maximum Gasteiger partial charge on any atom is 0.135 e. The van der Waals surface area contributed by atoms with Gasteiger partial charge in [0.05, 0.1) is 7.44 Å². The third-order valence-electron chi connectivity index (χ3n) is 2.18. The Labute approximate surface area is 98.5 Å². The number of hydrogen-bond donors (Lipinski definition) is 0. The molecule has 2 nitrogen and oxygen atoms in total. The summed E-state index contributed by atoms with van der Waals surface area (Å²) in [5, 5.41) is 9.16. The van der Waals surface area contributed by atoms with Crippen LogP contribution in [0.2, 0.25) is 0 Å². The van der Waals surface area contributed by atoms with Crippen molar-refractivity contribution in [1.82, 2.24) is 0 Å². The summed E-state index contributed by atoms with van der Waals surface area (Å²) >= 11 is 0. The van der Waals surface area contributed by atoms with E-state index in [0.29, 0.717) is 0 Å². The zero-order chi connectivity index (χ0) is 12.7. The second-order valence-electron chi connectivity index (χ2n) is 3.28. The van der Waals surface area contributed by atoms with Crippen molar-refractivity contribution in [2.45, 2.75) is 12.9 Å². The molecule has 0 aliphatic rings. The molecule has 0 bridgehead atoms. The first-order valence-corrected chi connectivity index (χ1v) is 5.14. The fourth-order valence-corrected chi connectivity index (χ4v) is 1.27. The first-order valence-electron chi connectivity index (χ1n) is 5.64.